The van der Waals surface area contributed by atoms with Crippen molar-refractivity contribution >= 4 is 23.2 Å². The molecule has 2 N–H and O–H groups in total. The first kappa shape index (κ1) is 19.4. The first-order chi connectivity index (χ1) is 13.1. The molecule has 144 valence electrons. The van der Waals surface area contributed by atoms with Gasteiger partial charge in [-0.05, 0) is 41.3 Å². The van der Waals surface area contributed by atoms with Crippen molar-refractivity contribution in [3.63, 3.8) is 0 Å². The molecule has 0 aliphatic carbocycles. The lowest BCUT2D eigenvalue weighted by Gasteiger charge is -2.38. The number of carbonyl (C=O) groups is 2. The second-order valence-corrected chi connectivity index (χ2v) is 7.37. The zero-order chi connectivity index (χ0) is 19.1. The fraction of sp³-hybridized carbons (Fsp3) is 0.400. The van der Waals surface area contributed by atoms with Crippen LogP contribution in [0.4, 0.5) is 0 Å². The number of methoxy groups -OCH3 is 1. The number of benzene rings is 1. The molecular weight excluding hydrogens is 364 g/mol. The first-order valence-corrected chi connectivity index (χ1v) is 9.87. The monoisotopic (exact) mass is 388 g/mol. The Bertz CT molecular complexity index is 770. The topological polar surface area (TPSA) is 76.7 Å². The van der Waals surface area contributed by atoms with Gasteiger partial charge in [0, 0.05) is 37.3 Å². The Kier molecular flexibility index (Phi) is 6.47. The van der Waals surface area contributed by atoms with Crippen LogP contribution in [-0.4, -0.2) is 38.7 Å². The number of rotatable bonds is 6. The summed E-state index contributed by atoms with van der Waals surface area (Å²) in [6.07, 6.45) is 1.51. The van der Waals surface area contributed by atoms with Crippen molar-refractivity contribution in [2.75, 3.05) is 26.9 Å². The summed E-state index contributed by atoms with van der Waals surface area (Å²) in [6.45, 7) is 1.93. The molecule has 0 saturated carbocycles. The van der Waals surface area contributed by atoms with Crippen LogP contribution in [0, 0.1) is 0 Å². The summed E-state index contributed by atoms with van der Waals surface area (Å²) in [5.41, 5.74) is 1.71. The van der Waals surface area contributed by atoms with E-state index in [1.165, 1.54) is 0 Å². The fourth-order valence-electron chi connectivity index (χ4n) is 3.37. The Balaban J connectivity index is 1.66. The molecule has 1 saturated heterocycles. The molecule has 2 heterocycles. The average Bonchev–Trinajstić information content (AvgIpc) is 3.24. The van der Waals surface area contributed by atoms with Crippen molar-refractivity contribution in [1.29, 1.82) is 0 Å². The summed E-state index contributed by atoms with van der Waals surface area (Å²) in [6, 6.07) is 9.74. The smallest absolute Gasteiger partial charge is 0.309 e. The molecule has 0 unspecified atom stereocenters. The molecule has 1 aliphatic heterocycles. The molecular formula is C20H24N2O4S. The lowest BCUT2D eigenvalue weighted by molar-refractivity contribution is -0.139. The highest BCUT2D eigenvalue weighted by Gasteiger charge is 2.37. The van der Waals surface area contributed by atoms with Crippen LogP contribution in [0.3, 0.4) is 0 Å². The summed E-state index contributed by atoms with van der Waals surface area (Å²) >= 11 is 1.55. The number of carbonyl (C=O) groups excluding carboxylic acids is 2. The van der Waals surface area contributed by atoms with Crippen LogP contribution in [0.25, 0.3) is 0 Å². The predicted octanol–water partition coefficient (Wildman–Crippen LogP) is 2.24. The van der Waals surface area contributed by atoms with E-state index < -0.39 is 11.8 Å². The summed E-state index contributed by atoms with van der Waals surface area (Å²) in [4.78, 5) is 24.4. The molecule has 0 bridgehead atoms. The quantitative estimate of drug-likeness (QED) is 0.744. The maximum Gasteiger partial charge on any atom is 0.309 e. The number of amides is 2. The van der Waals surface area contributed by atoms with Crippen LogP contribution in [0.5, 0.6) is 5.75 Å². The van der Waals surface area contributed by atoms with Gasteiger partial charge in [0.1, 0.15) is 5.75 Å². The molecule has 1 fully saturated rings. The molecule has 3 rings (SSSR count). The average molecular weight is 388 g/mol. The van der Waals surface area contributed by atoms with Crippen molar-refractivity contribution in [2.45, 2.75) is 24.8 Å². The van der Waals surface area contributed by atoms with Crippen molar-refractivity contribution in [1.82, 2.24) is 10.6 Å². The summed E-state index contributed by atoms with van der Waals surface area (Å²) in [5, 5.41) is 9.34. The molecule has 0 radical (unpaired) electrons. The zero-order valence-corrected chi connectivity index (χ0v) is 16.1. The third-order valence-electron chi connectivity index (χ3n) is 4.95. The molecule has 6 nitrogen and oxygen atoms in total. The van der Waals surface area contributed by atoms with Crippen LogP contribution >= 0.6 is 11.3 Å². The van der Waals surface area contributed by atoms with Gasteiger partial charge in [0.25, 0.3) is 0 Å². The number of ether oxygens (including phenoxy) is 2. The molecule has 0 atom stereocenters. The number of thiophene rings is 1. The highest BCUT2D eigenvalue weighted by Crippen LogP contribution is 2.39. The second-order valence-electron chi connectivity index (χ2n) is 6.59. The Morgan fingerprint density at radius 1 is 1.15 bits per heavy atom. The molecule has 2 aromatic rings. The van der Waals surface area contributed by atoms with Crippen LogP contribution < -0.4 is 15.4 Å². The molecule has 27 heavy (non-hydrogen) atoms. The van der Waals surface area contributed by atoms with Gasteiger partial charge >= 0.3 is 11.8 Å². The predicted molar refractivity (Wildman–Crippen MR) is 104 cm³/mol. The molecule has 1 aliphatic rings. The summed E-state index contributed by atoms with van der Waals surface area (Å²) in [5.74, 6) is -0.454. The van der Waals surface area contributed by atoms with Crippen molar-refractivity contribution in [3.8, 4) is 5.75 Å². The third-order valence-corrected chi connectivity index (χ3v) is 5.69. The summed E-state index contributed by atoms with van der Waals surface area (Å²) in [7, 11) is 1.64. The van der Waals surface area contributed by atoms with E-state index in [2.05, 4.69) is 10.6 Å². The fourth-order valence-corrected chi connectivity index (χ4v) is 4.04. The largest absolute Gasteiger partial charge is 0.496 e. The lowest BCUT2D eigenvalue weighted by atomic mass is 9.73. The van der Waals surface area contributed by atoms with Gasteiger partial charge in [-0.25, -0.2) is 0 Å². The molecule has 0 spiro atoms. The highest BCUT2D eigenvalue weighted by atomic mass is 32.1. The van der Waals surface area contributed by atoms with E-state index >= 15 is 0 Å². The van der Waals surface area contributed by atoms with Crippen molar-refractivity contribution in [2.24, 2.45) is 0 Å². The van der Waals surface area contributed by atoms with Crippen molar-refractivity contribution < 1.29 is 19.1 Å². The second kappa shape index (κ2) is 9.01. The van der Waals surface area contributed by atoms with E-state index in [1.54, 1.807) is 18.4 Å². The van der Waals surface area contributed by atoms with Gasteiger partial charge in [0.15, 0.2) is 0 Å². The molecule has 2 amide bonds. The number of hydrogen-bond acceptors (Lipinski definition) is 5. The van der Waals surface area contributed by atoms with Crippen LogP contribution in [0.15, 0.2) is 41.1 Å². The van der Waals surface area contributed by atoms with Gasteiger partial charge in [-0.2, -0.15) is 11.3 Å². The van der Waals surface area contributed by atoms with Crippen LogP contribution in [0.2, 0.25) is 0 Å². The third kappa shape index (κ3) is 4.67. The van der Waals surface area contributed by atoms with Gasteiger partial charge in [-0.1, -0.05) is 18.2 Å². The first-order valence-electron chi connectivity index (χ1n) is 8.93. The minimum absolute atomic E-state index is 0.311. The van der Waals surface area contributed by atoms with E-state index in [1.807, 2.05) is 41.1 Å². The van der Waals surface area contributed by atoms with E-state index in [9.17, 15) is 9.59 Å². The maximum atomic E-state index is 12.3. The number of hydrogen-bond donors (Lipinski definition) is 2. The standard InChI is InChI=1S/C20H24N2O4S/c1-25-17-5-3-2-4-16(17)20(7-9-26-10-8-20)14-22-19(24)18(23)21-12-15-6-11-27-13-15/h2-6,11,13H,7-10,12,14H2,1H3,(H,21,23)(H,22,24). The van der Waals surface area contributed by atoms with E-state index in [-0.39, 0.29) is 5.41 Å². The highest BCUT2D eigenvalue weighted by molar-refractivity contribution is 7.07. The van der Waals surface area contributed by atoms with Crippen LogP contribution in [0.1, 0.15) is 24.0 Å². The van der Waals surface area contributed by atoms with Crippen LogP contribution in [-0.2, 0) is 26.3 Å². The normalized spacial score (nSPS) is 15.7. The summed E-state index contributed by atoms with van der Waals surface area (Å²) < 4.78 is 11.0. The SMILES string of the molecule is COc1ccccc1C1(CNC(=O)C(=O)NCc2ccsc2)CCOCC1. The van der Waals surface area contributed by atoms with Gasteiger partial charge in [0.05, 0.1) is 7.11 Å². The van der Waals surface area contributed by atoms with Gasteiger partial charge in [-0.15, -0.1) is 0 Å². The molecule has 7 heteroatoms. The minimum Gasteiger partial charge on any atom is -0.496 e. The Morgan fingerprint density at radius 2 is 1.89 bits per heavy atom. The Labute approximate surface area is 162 Å². The van der Waals surface area contributed by atoms with Gasteiger partial charge < -0.3 is 20.1 Å². The van der Waals surface area contributed by atoms with E-state index in [0.29, 0.717) is 26.3 Å². The number of nitrogens with one attached hydrogen (secondary N) is 2. The van der Waals surface area contributed by atoms with Gasteiger partial charge in [-0.3, -0.25) is 9.59 Å². The van der Waals surface area contributed by atoms with E-state index in [4.69, 9.17) is 9.47 Å². The Hall–Kier alpha value is -2.38. The van der Waals surface area contributed by atoms with E-state index in [0.717, 1.165) is 29.7 Å². The Morgan fingerprint density at radius 3 is 2.59 bits per heavy atom. The number of para-hydroxylation sites is 1. The molecule has 1 aromatic carbocycles. The van der Waals surface area contributed by atoms with Gasteiger partial charge in [0.2, 0.25) is 0 Å². The lowest BCUT2D eigenvalue weighted by Crippen LogP contribution is -2.48. The molecule has 1 aromatic heterocycles. The minimum atomic E-state index is -0.622. The maximum absolute atomic E-state index is 12.3. The zero-order valence-electron chi connectivity index (χ0n) is 15.3. The van der Waals surface area contributed by atoms with Crippen molar-refractivity contribution in [3.05, 3.63) is 52.2 Å².